The minimum atomic E-state index is -0.805. The summed E-state index contributed by atoms with van der Waals surface area (Å²) in [6.07, 6.45) is 0.717. The number of hydrogen-bond acceptors (Lipinski definition) is 1. The summed E-state index contributed by atoms with van der Waals surface area (Å²) in [6.45, 7) is 1.96. The number of rotatable bonds is 1. The van der Waals surface area contributed by atoms with Crippen molar-refractivity contribution in [1.82, 2.24) is 0 Å². The van der Waals surface area contributed by atoms with E-state index in [-0.39, 0.29) is 11.7 Å². The summed E-state index contributed by atoms with van der Waals surface area (Å²) >= 11 is 3.15. The van der Waals surface area contributed by atoms with Gasteiger partial charge in [-0.05, 0) is 34.3 Å². The summed E-state index contributed by atoms with van der Waals surface area (Å²) in [5.74, 6) is -0.0874. The van der Waals surface area contributed by atoms with Gasteiger partial charge in [-0.3, -0.25) is 0 Å². The SMILES string of the molecule is CC1CC1(O)c1cccc(F)c1Br. The Labute approximate surface area is 84.7 Å². The molecule has 1 aliphatic rings. The molecule has 0 aliphatic heterocycles. The Kier molecular flexibility index (Phi) is 1.96. The lowest BCUT2D eigenvalue weighted by Gasteiger charge is -2.11. The maximum absolute atomic E-state index is 13.1. The van der Waals surface area contributed by atoms with Crippen LogP contribution < -0.4 is 0 Å². The maximum Gasteiger partial charge on any atom is 0.137 e. The van der Waals surface area contributed by atoms with Gasteiger partial charge in [-0.1, -0.05) is 19.1 Å². The monoisotopic (exact) mass is 244 g/mol. The molecular weight excluding hydrogens is 235 g/mol. The predicted octanol–water partition coefficient (Wildman–Crippen LogP) is 2.82. The fourth-order valence-corrected chi connectivity index (χ4v) is 2.23. The van der Waals surface area contributed by atoms with Crippen LogP contribution in [0.3, 0.4) is 0 Å². The topological polar surface area (TPSA) is 20.2 Å². The summed E-state index contributed by atoms with van der Waals surface area (Å²) in [7, 11) is 0. The van der Waals surface area contributed by atoms with Gasteiger partial charge in [0.25, 0.3) is 0 Å². The van der Waals surface area contributed by atoms with Crippen LogP contribution in [0, 0.1) is 11.7 Å². The van der Waals surface area contributed by atoms with E-state index in [1.807, 2.05) is 6.92 Å². The van der Waals surface area contributed by atoms with Crippen LogP contribution >= 0.6 is 15.9 Å². The normalized spacial score (nSPS) is 31.8. The molecular formula is C10H10BrFO. The number of benzene rings is 1. The molecule has 1 saturated carbocycles. The van der Waals surface area contributed by atoms with E-state index in [0.29, 0.717) is 10.0 Å². The van der Waals surface area contributed by atoms with Gasteiger partial charge in [0.15, 0.2) is 0 Å². The van der Waals surface area contributed by atoms with Gasteiger partial charge >= 0.3 is 0 Å². The number of halogens is 2. The second-order valence-electron chi connectivity index (χ2n) is 3.63. The zero-order valence-corrected chi connectivity index (χ0v) is 8.81. The lowest BCUT2D eigenvalue weighted by Crippen LogP contribution is -2.09. The molecule has 0 radical (unpaired) electrons. The molecule has 3 heteroatoms. The maximum atomic E-state index is 13.1. The van der Waals surface area contributed by atoms with E-state index in [0.717, 1.165) is 6.42 Å². The Morgan fingerprint density at radius 3 is 2.77 bits per heavy atom. The van der Waals surface area contributed by atoms with Crippen LogP contribution in [-0.4, -0.2) is 5.11 Å². The lowest BCUT2D eigenvalue weighted by molar-refractivity contribution is 0.133. The zero-order chi connectivity index (χ0) is 9.64. The summed E-state index contributed by atoms with van der Waals surface area (Å²) in [5.41, 5.74) is -0.138. The molecule has 0 spiro atoms. The molecule has 2 atom stereocenters. The molecule has 70 valence electrons. The van der Waals surface area contributed by atoms with Crippen molar-refractivity contribution in [2.45, 2.75) is 18.9 Å². The van der Waals surface area contributed by atoms with Gasteiger partial charge in [0.1, 0.15) is 5.82 Å². The van der Waals surface area contributed by atoms with Crippen LogP contribution in [-0.2, 0) is 5.60 Å². The Bertz CT molecular complexity index is 353. The first kappa shape index (κ1) is 9.16. The molecule has 13 heavy (non-hydrogen) atoms. The van der Waals surface area contributed by atoms with E-state index in [2.05, 4.69) is 15.9 Å². The molecule has 0 heterocycles. The first-order chi connectivity index (χ1) is 6.05. The van der Waals surface area contributed by atoms with Crippen LogP contribution in [0.15, 0.2) is 22.7 Å². The van der Waals surface area contributed by atoms with Gasteiger partial charge in [-0.25, -0.2) is 4.39 Å². The molecule has 1 N–H and O–H groups in total. The number of aliphatic hydroxyl groups is 1. The van der Waals surface area contributed by atoms with Crippen molar-refractivity contribution in [2.24, 2.45) is 5.92 Å². The van der Waals surface area contributed by atoms with Crippen LogP contribution in [0.25, 0.3) is 0 Å². The first-order valence-electron chi connectivity index (χ1n) is 4.22. The van der Waals surface area contributed by atoms with Gasteiger partial charge < -0.3 is 5.11 Å². The highest BCUT2D eigenvalue weighted by Gasteiger charge is 2.52. The molecule has 1 aliphatic carbocycles. The Morgan fingerprint density at radius 2 is 2.23 bits per heavy atom. The van der Waals surface area contributed by atoms with E-state index in [4.69, 9.17) is 0 Å². The molecule has 1 aromatic rings. The fourth-order valence-electron chi connectivity index (χ4n) is 1.62. The third-order valence-electron chi connectivity index (χ3n) is 2.69. The predicted molar refractivity (Wildman–Crippen MR) is 51.8 cm³/mol. The number of hydrogen-bond donors (Lipinski definition) is 1. The standard InChI is InChI=1S/C10H10BrFO/c1-6-5-10(6,13)7-3-2-4-8(12)9(7)11/h2-4,6,13H,5H2,1H3. The van der Waals surface area contributed by atoms with Gasteiger partial charge in [0.2, 0.25) is 0 Å². The van der Waals surface area contributed by atoms with Crippen LogP contribution in [0.2, 0.25) is 0 Å². The molecule has 1 aromatic carbocycles. The highest BCUT2D eigenvalue weighted by molar-refractivity contribution is 9.10. The third-order valence-corrected chi connectivity index (χ3v) is 3.50. The molecule has 0 bridgehead atoms. The average molecular weight is 245 g/mol. The van der Waals surface area contributed by atoms with Crippen molar-refractivity contribution >= 4 is 15.9 Å². The summed E-state index contributed by atoms with van der Waals surface area (Å²) in [4.78, 5) is 0. The average Bonchev–Trinajstić information content (AvgIpc) is 2.67. The zero-order valence-electron chi connectivity index (χ0n) is 7.22. The van der Waals surface area contributed by atoms with Crippen molar-refractivity contribution < 1.29 is 9.50 Å². The van der Waals surface area contributed by atoms with E-state index >= 15 is 0 Å². The van der Waals surface area contributed by atoms with Gasteiger partial charge in [-0.15, -0.1) is 0 Å². The van der Waals surface area contributed by atoms with Crippen molar-refractivity contribution in [2.75, 3.05) is 0 Å². The minimum absolute atomic E-state index is 0.227. The quantitative estimate of drug-likeness (QED) is 0.806. The fraction of sp³-hybridized carbons (Fsp3) is 0.400. The molecule has 1 fully saturated rings. The van der Waals surface area contributed by atoms with Gasteiger partial charge in [-0.2, -0.15) is 0 Å². The highest BCUT2D eigenvalue weighted by Crippen LogP contribution is 2.53. The molecule has 0 saturated heterocycles. The van der Waals surface area contributed by atoms with Crippen molar-refractivity contribution in [3.63, 3.8) is 0 Å². The van der Waals surface area contributed by atoms with Crippen LogP contribution in [0.1, 0.15) is 18.9 Å². The molecule has 2 unspecified atom stereocenters. The second kappa shape index (κ2) is 2.79. The molecule has 0 aromatic heterocycles. The van der Waals surface area contributed by atoms with Crippen molar-refractivity contribution in [3.05, 3.63) is 34.1 Å². The third kappa shape index (κ3) is 1.30. The van der Waals surface area contributed by atoms with Gasteiger partial charge in [0.05, 0.1) is 10.1 Å². The first-order valence-corrected chi connectivity index (χ1v) is 5.02. The van der Waals surface area contributed by atoms with Crippen LogP contribution in [0.5, 0.6) is 0 Å². The summed E-state index contributed by atoms with van der Waals surface area (Å²) < 4.78 is 13.5. The van der Waals surface area contributed by atoms with Gasteiger partial charge in [0, 0.05) is 5.56 Å². The highest BCUT2D eigenvalue weighted by atomic mass is 79.9. The van der Waals surface area contributed by atoms with E-state index in [1.165, 1.54) is 6.07 Å². The Morgan fingerprint density at radius 1 is 1.62 bits per heavy atom. The molecule has 2 rings (SSSR count). The second-order valence-corrected chi connectivity index (χ2v) is 4.42. The largest absolute Gasteiger partial charge is 0.385 e. The van der Waals surface area contributed by atoms with E-state index < -0.39 is 5.60 Å². The lowest BCUT2D eigenvalue weighted by atomic mass is 10.1. The minimum Gasteiger partial charge on any atom is -0.385 e. The Balaban J connectivity index is 2.47. The van der Waals surface area contributed by atoms with E-state index in [9.17, 15) is 9.50 Å². The van der Waals surface area contributed by atoms with Crippen LogP contribution in [0.4, 0.5) is 4.39 Å². The van der Waals surface area contributed by atoms with E-state index in [1.54, 1.807) is 12.1 Å². The molecule has 1 nitrogen and oxygen atoms in total. The van der Waals surface area contributed by atoms with Crippen molar-refractivity contribution in [3.8, 4) is 0 Å². The Hall–Kier alpha value is -0.410. The smallest absolute Gasteiger partial charge is 0.137 e. The summed E-state index contributed by atoms with van der Waals surface area (Å²) in [5, 5.41) is 9.98. The summed E-state index contributed by atoms with van der Waals surface area (Å²) in [6, 6.07) is 4.76. The van der Waals surface area contributed by atoms with Crippen molar-refractivity contribution in [1.29, 1.82) is 0 Å². The molecule has 0 amide bonds.